The van der Waals surface area contributed by atoms with E-state index in [1.165, 1.54) is 89.9 Å². The van der Waals surface area contributed by atoms with Crippen LogP contribution in [-0.2, 0) is 18.4 Å². The van der Waals surface area contributed by atoms with Gasteiger partial charge in [-0.1, -0.05) is 160 Å². The summed E-state index contributed by atoms with van der Waals surface area (Å²) in [5, 5.41) is 23.8. The van der Waals surface area contributed by atoms with E-state index in [-0.39, 0.29) is 19.6 Å². The van der Waals surface area contributed by atoms with Crippen molar-refractivity contribution in [3.8, 4) is 0 Å². The van der Waals surface area contributed by atoms with Crippen LogP contribution in [0.1, 0.15) is 168 Å². The average molecular weight is 689 g/mol. The number of unbranched alkanes of at least 4 members (excludes halogenated alkanes) is 19. The number of hydrogen-bond donors (Lipinski definition) is 5. The number of amides is 1. The van der Waals surface area contributed by atoms with Crippen LogP contribution < -0.4 is 11.1 Å². The fraction of sp³-hybridized carbons (Fsp3) is 0.865. The number of hydrogen-bond acceptors (Lipinski definition) is 7. The van der Waals surface area contributed by atoms with Crippen molar-refractivity contribution in [1.82, 2.24) is 5.32 Å². The summed E-state index contributed by atoms with van der Waals surface area (Å²) in [5.74, 6) is -0.458. The smallest absolute Gasteiger partial charge is 0.393 e. The van der Waals surface area contributed by atoms with E-state index in [0.29, 0.717) is 12.8 Å². The molecule has 0 aromatic rings. The number of rotatable bonds is 35. The van der Waals surface area contributed by atoms with Gasteiger partial charge in [-0.3, -0.25) is 13.8 Å². The van der Waals surface area contributed by atoms with Crippen molar-refractivity contribution in [2.75, 3.05) is 19.8 Å². The van der Waals surface area contributed by atoms with Gasteiger partial charge in [0.05, 0.1) is 37.9 Å². The second-order valence-electron chi connectivity index (χ2n) is 13.0. The standard InChI is InChI=1S/C37H73N2O7P/c1-3-5-7-9-11-13-14-15-16-17-18-19-20-21-22-24-26-28-34(40)32-37(42)39-35(33-46-47(43,44)45-31-30-38)36(41)29-27-25-23-12-10-8-6-4-2/h10,12,27,29,34-36,40-41H,3-9,11,13-26,28,30-33,38H2,1-2H3,(H,39,42)(H,43,44)/b12-10+,29-27+. The molecule has 0 heterocycles. The second-order valence-corrected chi connectivity index (χ2v) is 14.4. The van der Waals surface area contributed by atoms with Crippen LogP contribution in [0.5, 0.6) is 0 Å². The van der Waals surface area contributed by atoms with Crippen molar-refractivity contribution in [3.05, 3.63) is 24.3 Å². The second kappa shape index (κ2) is 33.4. The first kappa shape index (κ1) is 45.9. The largest absolute Gasteiger partial charge is 0.472 e. The predicted octanol–water partition coefficient (Wildman–Crippen LogP) is 8.80. The zero-order chi connectivity index (χ0) is 34.9. The molecule has 4 atom stereocenters. The van der Waals surface area contributed by atoms with Gasteiger partial charge in [-0.15, -0.1) is 0 Å². The SMILES string of the molecule is CCCC/C=C/CC/C=C/C(O)C(COP(=O)(O)OCCN)NC(=O)CC(O)CCCCCCCCCCCCCCCCCCC. The van der Waals surface area contributed by atoms with E-state index >= 15 is 0 Å². The third-order valence-corrected chi connectivity index (χ3v) is 9.32. The number of nitrogens with two attached hydrogens (primary N) is 1. The first-order valence-electron chi connectivity index (χ1n) is 19.0. The van der Waals surface area contributed by atoms with E-state index in [4.69, 9.17) is 14.8 Å². The van der Waals surface area contributed by atoms with Crippen LogP contribution in [0.15, 0.2) is 24.3 Å². The lowest BCUT2D eigenvalue weighted by atomic mass is 10.0. The third kappa shape index (κ3) is 31.9. The molecule has 0 aliphatic carbocycles. The maximum Gasteiger partial charge on any atom is 0.472 e. The van der Waals surface area contributed by atoms with E-state index < -0.39 is 38.6 Å². The Morgan fingerprint density at radius 2 is 1.21 bits per heavy atom. The van der Waals surface area contributed by atoms with Crippen molar-refractivity contribution in [2.45, 2.75) is 186 Å². The highest BCUT2D eigenvalue weighted by Gasteiger charge is 2.27. The van der Waals surface area contributed by atoms with Crippen molar-refractivity contribution in [2.24, 2.45) is 5.73 Å². The van der Waals surface area contributed by atoms with Crippen LogP contribution >= 0.6 is 7.82 Å². The Morgan fingerprint density at radius 1 is 0.723 bits per heavy atom. The highest BCUT2D eigenvalue weighted by Crippen LogP contribution is 2.43. The summed E-state index contributed by atoms with van der Waals surface area (Å²) in [5.41, 5.74) is 5.33. The summed E-state index contributed by atoms with van der Waals surface area (Å²) in [6.07, 6.45) is 32.9. The minimum Gasteiger partial charge on any atom is -0.393 e. The molecular weight excluding hydrogens is 615 g/mol. The minimum atomic E-state index is -4.39. The number of allylic oxidation sites excluding steroid dienone is 3. The van der Waals surface area contributed by atoms with E-state index in [1.54, 1.807) is 6.08 Å². The summed E-state index contributed by atoms with van der Waals surface area (Å²) in [6.45, 7) is 3.86. The fourth-order valence-electron chi connectivity index (χ4n) is 5.41. The number of phosphoric acid groups is 1. The lowest BCUT2D eigenvalue weighted by molar-refractivity contribution is -0.124. The van der Waals surface area contributed by atoms with Crippen LogP contribution in [0.4, 0.5) is 0 Å². The molecule has 0 spiro atoms. The monoisotopic (exact) mass is 689 g/mol. The molecule has 6 N–H and O–H groups in total. The van der Waals surface area contributed by atoms with Gasteiger partial charge in [0, 0.05) is 6.54 Å². The Bertz CT molecular complexity index is 812. The predicted molar refractivity (Wildman–Crippen MR) is 195 cm³/mol. The highest BCUT2D eigenvalue weighted by atomic mass is 31.2. The van der Waals surface area contributed by atoms with Crippen molar-refractivity contribution < 1.29 is 33.5 Å². The maximum atomic E-state index is 12.7. The summed E-state index contributed by atoms with van der Waals surface area (Å²) in [6, 6.07) is -0.992. The molecule has 278 valence electrons. The number of carbonyl (C=O) groups is 1. The molecule has 1 amide bonds. The molecule has 0 rings (SSSR count). The highest BCUT2D eigenvalue weighted by molar-refractivity contribution is 7.47. The Hall–Kier alpha value is -1.06. The molecule has 0 saturated heterocycles. The minimum absolute atomic E-state index is 0.0453. The van der Waals surface area contributed by atoms with Gasteiger partial charge in [0.1, 0.15) is 0 Å². The Morgan fingerprint density at radius 3 is 1.74 bits per heavy atom. The van der Waals surface area contributed by atoms with Crippen LogP contribution in [0.2, 0.25) is 0 Å². The molecule has 0 aromatic heterocycles. The normalized spacial score (nSPS) is 15.3. The summed E-state index contributed by atoms with van der Waals surface area (Å²) >= 11 is 0. The third-order valence-electron chi connectivity index (χ3n) is 8.33. The molecule has 0 radical (unpaired) electrons. The van der Waals surface area contributed by atoms with Crippen molar-refractivity contribution >= 4 is 13.7 Å². The first-order chi connectivity index (χ1) is 22.8. The van der Waals surface area contributed by atoms with E-state index in [0.717, 1.165) is 44.9 Å². The van der Waals surface area contributed by atoms with Crippen LogP contribution in [-0.4, -0.2) is 59.0 Å². The molecule has 0 fully saturated rings. The number of nitrogens with one attached hydrogen (secondary N) is 1. The molecule has 0 aliphatic heterocycles. The molecule has 4 unspecified atom stereocenters. The Balaban J connectivity index is 4.27. The Labute approximate surface area is 288 Å². The quantitative estimate of drug-likeness (QED) is 0.0252. The molecule has 10 heteroatoms. The Kier molecular flexibility index (Phi) is 32.7. The molecule has 9 nitrogen and oxygen atoms in total. The number of aliphatic hydroxyl groups excluding tert-OH is 2. The van der Waals surface area contributed by atoms with Gasteiger partial charge in [0.15, 0.2) is 0 Å². The van der Waals surface area contributed by atoms with Gasteiger partial charge < -0.3 is 26.2 Å². The van der Waals surface area contributed by atoms with Crippen molar-refractivity contribution in [3.63, 3.8) is 0 Å². The summed E-state index contributed by atoms with van der Waals surface area (Å²) in [7, 11) is -4.39. The van der Waals surface area contributed by atoms with E-state index in [1.807, 2.05) is 6.08 Å². The average Bonchev–Trinajstić information content (AvgIpc) is 3.04. The van der Waals surface area contributed by atoms with E-state index in [9.17, 15) is 24.5 Å². The van der Waals surface area contributed by atoms with Gasteiger partial charge in [0.2, 0.25) is 5.91 Å². The van der Waals surface area contributed by atoms with Gasteiger partial charge in [-0.25, -0.2) is 4.57 Å². The van der Waals surface area contributed by atoms with Gasteiger partial charge >= 0.3 is 7.82 Å². The first-order valence-corrected chi connectivity index (χ1v) is 20.5. The lowest BCUT2D eigenvalue weighted by Crippen LogP contribution is -2.46. The zero-order valence-corrected chi connectivity index (χ0v) is 31.0. The lowest BCUT2D eigenvalue weighted by Gasteiger charge is -2.24. The summed E-state index contributed by atoms with van der Waals surface area (Å²) in [4.78, 5) is 22.6. The molecule has 0 bridgehead atoms. The van der Waals surface area contributed by atoms with Crippen molar-refractivity contribution in [1.29, 1.82) is 0 Å². The zero-order valence-electron chi connectivity index (χ0n) is 30.1. The van der Waals surface area contributed by atoms with Crippen LogP contribution in [0, 0.1) is 0 Å². The molecule has 0 aliphatic rings. The van der Waals surface area contributed by atoms with E-state index in [2.05, 4.69) is 31.3 Å². The van der Waals surface area contributed by atoms with Gasteiger partial charge in [-0.2, -0.15) is 0 Å². The number of phosphoric ester groups is 1. The molecular formula is C37H73N2O7P. The summed E-state index contributed by atoms with van der Waals surface area (Å²) < 4.78 is 21.9. The number of carbonyl (C=O) groups excluding carboxylic acids is 1. The fourth-order valence-corrected chi connectivity index (χ4v) is 6.17. The molecule has 0 aromatic carbocycles. The molecule has 47 heavy (non-hydrogen) atoms. The van der Waals surface area contributed by atoms with Crippen LogP contribution in [0.25, 0.3) is 0 Å². The van der Waals surface area contributed by atoms with Gasteiger partial charge in [0.25, 0.3) is 0 Å². The number of aliphatic hydroxyl groups is 2. The maximum absolute atomic E-state index is 12.7. The molecule has 0 saturated carbocycles. The topological polar surface area (TPSA) is 151 Å². The van der Waals surface area contributed by atoms with Crippen LogP contribution in [0.3, 0.4) is 0 Å². The van der Waals surface area contributed by atoms with Gasteiger partial charge in [-0.05, 0) is 25.7 Å².